The zero-order valence-electron chi connectivity index (χ0n) is 25.8. The van der Waals surface area contributed by atoms with Crippen molar-refractivity contribution in [1.82, 2.24) is 10.2 Å². The molecule has 0 spiro atoms. The molecule has 3 aromatic carbocycles. The number of nitrogens with one attached hydrogen (secondary N) is 1. The number of rotatable bonds is 15. The number of benzene rings is 3. The van der Waals surface area contributed by atoms with E-state index in [1.165, 1.54) is 55.3 Å². The smallest absolute Gasteiger partial charge is 0.273 e. The number of sulfonamides is 1. The fraction of sp³-hybridized carbons (Fsp3) is 0.355. The van der Waals surface area contributed by atoms with Gasteiger partial charge < -0.3 is 15.0 Å². The first kappa shape index (κ1) is 36.9. The van der Waals surface area contributed by atoms with Gasteiger partial charge in [0.25, 0.3) is 15.7 Å². The number of halogens is 3. The standard InChI is InChI=1S/C31H35Cl3N4O7S/c1-5-7-14-35-31(40)26(6-2)36(18-21-9-10-22(32)15-25(21)34)30(39)19-37(28-16-23(33)11-13-29(28)45-4)46(43,44)24-12-8-20(3)27(17-24)38(41)42/h8-13,15-17,26H,5-7,14,18-19H2,1-4H3,(H,35,40). The molecule has 2 amide bonds. The molecule has 0 aromatic heterocycles. The van der Waals surface area contributed by atoms with Crippen LogP contribution in [0.25, 0.3) is 0 Å². The van der Waals surface area contributed by atoms with Gasteiger partial charge in [0.1, 0.15) is 18.3 Å². The molecule has 0 radical (unpaired) electrons. The predicted octanol–water partition coefficient (Wildman–Crippen LogP) is 6.79. The highest BCUT2D eigenvalue weighted by atomic mass is 35.5. The third-order valence-corrected chi connectivity index (χ3v) is 9.80. The number of amides is 2. The van der Waals surface area contributed by atoms with E-state index in [4.69, 9.17) is 39.5 Å². The van der Waals surface area contributed by atoms with Gasteiger partial charge in [-0.25, -0.2) is 8.42 Å². The van der Waals surface area contributed by atoms with Crippen LogP contribution < -0.4 is 14.4 Å². The van der Waals surface area contributed by atoms with E-state index in [1.54, 1.807) is 19.1 Å². The lowest BCUT2D eigenvalue weighted by Crippen LogP contribution is -2.52. The van der Waals surface area contributed by atoms with Gasteiger partial charge >= 0.3 is 0 Å². The van der Waals surface area contributed by atoms with E-state index in [-0.39, 0.29) is 40.0 Å². The van der Waals surface area contributed by atoms with Gasteiger partial charge in [-0.05, 0) is 61.7 Å². The maximum atomic E-state index is 14.3. The summed E-state index contributed by atoms with van der Waals surface area (Å²) in [5, 5.41) is 15.3. The molecule has 15 heteroatoms. The molecule has 46 heavy (non-hydrogen) atoms. The molecule has 3 aromatic rings. The van der Waals surface area contributed by atoms with Crippen LogP contribution in [0.1, 0.15) is 44.2 Å². The Kier molecular flexibility index (Phi) is 13.1. The van der Waals surface area contributed by atoms with Gasteiger partial charge in [0.05, 0.1) is 22.6 Å². The maximum absolute atomic E-state index is 14.3. The molecule has 0 heterocycles. The van der Waals surface area contributed by atoms with Crippen molar-refractivity contribution in [3.05, 3.63) is 90.9 Å². The summed E-state index contributed by atoms with van der Waals surface area (Å²) >= 11 is 18.8. The van der Waals surface area contributed by atoms with Crippen molar-refractivity contribution in [2.75, 3.05) is 24.5 Å². The van der Waals surface area contributed by atoms with Crippen LogP contribution in [0.3, 0.4) is 0 Å². The number of aryl methyl sites for hydroxylation is 1. The number of unbranched alkanes of at least 4 members (excludes halogenated alkanes) is 1. The Morgan fingerprint density at radius 2 is 1.70 bits per heavy atom. The quantitative estimate of drug-likeness (QED) is 0.104. The van der Waals surface area contributed by atoms with E-state index < -0.39 is 49.9 Å². The molecule has 3 rings (SSSR count). The number of hydrogen-bond donors (Lipinski definition) is 1. The van der Waals surface area contributed by atoms with Crippen molar-refractivity contribution in [3.63, 3.8) is 0 Å². The second-order valence-electron chi connectivity index (χ2n) is 10.4. The number of nitrogens with zero attached hydrogens (tertiary/aromatic N) is 3. The topological polar surface area (TPSA) is 139 Å². The lowest BCUT2D eigenvalue weighted by atomic mass is 10.1. The number of carbonyl (C=O) groups is 2. The maximum Gasteiger partial charge on any atom is 0.273 e. The summed E-state index contributed by atoms with van der Waals surface area (Å²) < 4.78 is 34.7. The predicted molar refractivity (Wildman–Crippen MR) is 179 cm³/mol. The number of carbonyl (C=O) groups excluding carboxylic acids is 2. The van der Waals surface area contributed by atoms with Crippen LogP contribution >= 0.6 is 34.8 Å². The third-order valence-electron chi connectivity index (χ3n) is 7.23. The van der Waals surface area contributed by atoms with Crippen LogP contribution in [0, 0.1) is 17.0 Å². The number of hydrogen-bond acceptors (Lipinski definition) is 7. The molecule has 0 saturated heterocycles. The van der Waals surface area contributed by atoms with Crippen molar-refractivity contribution < 1.29 is 27.7 Å². The number of nitro benzene ring substituents is 1. The molecular weight excluding hydrogens is 679 g/mol. The average Bonchev–Trinajstić information content (AvgIpc) is 3.00. The van der Waals surface area contributed by atoms with Crippen molar-refractivity contribution >= 4 is 68.0 Å². The van der Waals surface area contributed by atoms with Gasteiger partial charge in [-0.1, -0.05) is 67.2 Å². The minimum absolute atomic E-state index is 0.0685. The SMILES string of the molecule is CCCCNC(=O)C(CC)N(Cc1ccc(Cl)cc1Cl)C(=O)CN(c1cc(Cl)ccc1OC)S(=O)(=O)c1ccc(C)c([N+](=O)[O-])c1. The Hall–Kier alpha value is -3.58. The Morgan fingerprint density at radius 3 is 2.30 bits per heavy atom. The Morgan fingerprint density at radius 1 is 1.02 bits per heavy atom. The van der Waals surface area contributed by atoms with E-state index >= 15 is 0 Å². The molecule has 0 bridgehead atoms. The van der Waals surface area contributed by atoms with E-state index in [2.05, 4.69) is 5.32 Å². The highest BCUT2D eigenvalue weighted by Crippen LogP contribution is 2.36. The van der Waals surface area contributed by atoms with E-state index in [1.807, 2.05) is 6.92 Å². The zero-order valence-corrected chi connectivity index (χ0v) is 28.8. The largest absolute Gasteiger partial charge is 0.495 e. The van der Waals surface area contributed by atoms with Gasteiger partial charge in [0.2, 0.25) is 11.8 Å². The molecule has 248 valence electrons. The second kappa shape index (κ2) is 16.3. The van der Waals surface area contributed by atoms with Crippen molar-refractivity contribution in [2.45, 2.75) is 57.5 Å². The van der Waals surface area contributed by atoms with E-state index in [0.29, 0.717) is 17.1 Å². The molecule has 0 saturated carbocycles. The van der Waals surface area contributed by atoms with Crippen molar-refractivity contribution in [3.8, 4) is 5.75 Å². The third kappa shape index (κ3) is 8.81. The first-order valence-corrected chi connectivity index (χ1v) is 16.9. The molecule has 0 aliphatic heterocycles. The van der Waals surface area contributed by atoms with Crippen LogP contribution in [0.15, 0.2) is 59.5 Å². The van der Waals surface area contributed by atoms with E-state index in [0.717, 1.165) is 23.2 Å². The Bertz CT molecular complexity index is 1710. The van der Waals surface area contributed by atoms with Gasteiger partial charge in [0, 0.05) is 39.8 Å². The normalized spacial score (nSPS) is 11.9. The van der Waals surface area contributed by atoms with Crippen LogP contribution in [0.2, 0.25) is 15.1 Å². The molecule has 0 aliphatic carbocycles. The lowest BCUT2D eigenvalue weighted by Gasteiger charge is -2.33. The number of ether oxygens (including phenoxy) is 1. The molecule has 1 atom stereocenters. The Balaban J connectivity index is 2.19. The van der Waals surface area contributed by atoms with E-state index in [9.17, 15) is 28.1 Å². The minimum Gasteiger partial charge on any atom is -0.495 e. The highest BCUT2D eigenvalue weighted by Gasteiger charge is 2.36. The van der Waals surface area contributed by atoms with Crippen molar-refractivity contribution in [2.24, 2.45) is 0 Å². The van der Waals surface area contributed by atoms with Gasteiger partial charge in [-0.3, -0.25) is 24.0 Å². The molecule has 1 N–H and O–H groups in total. The summed E-state index contributed by atoms with van der Waals surface area (Å²) in [6.45, 7) is 4.61. The van der Waals surface area contributed by atoms with Crippen LogP contribution in [0.5, 0.6) is 5.75 Å². The molecule has 1 unspecified atom stereocenters. The summed E-state index contributed by atoms with van der Waals surface area (Å²) in [5.41, 5.74) is 0.219. The first-order chi connectivity index (χ1) is 21.7. The Labute approximate surface area is 283 Å². The lowest BCUT2D eigenvalue weighted by molar-refractivity contribution is -0.385. The number of nitro groups is 1. The fourth-order valence-electron chi connectivity index (χ4n) is 4.70. The summed E-state index contributed by atoms with van der Waals surface area (Å²) in [6.07, 6.45) is 1.76. The molecule has 0 aliphatic rings. The summed E-state index contributed by atoms with van der Waals surface area (Å²) in [4.78, 5) is 39.5. The first-order valence-electron chi connectivity index (χ1n) is 14.4. The monoisotopic (exact) mass is 712 g/mol. The van der Waals surface area contributed by atoms with Gasteiger partial charge in [-0.15, -0.1) is 0 Å². The molecular formula is C31H35Cl3N4O7S. The summed E-state index contributed by atoms with van der Waals surface area (Å²) in [7, 11) is -3.34. The second-order valence-corrected chi connectivity index (χ2v) is 13.5. The average molecular weight is 714 g/mol. The summed E-state index contributed by atoms with van der Waals surface area (Å²) in [6, 6.07) is 11.4. The van der Waals surface area contributed by atoms with Crippen LogP contribution in [-0.4, -0.2) is 56.3 Å². The highest BCUT2D eigenvalue weighted by molar-refractivity contribution is 7.92. The number of anilines is 1. The zero-order chi connectivity index (χ0) is 34.2. The number of methoxy groups -OCH3 is 1. The van der Waals surface area contributed by atoms with Crippen molar-refractivity contribution in [1.29, 1.82) is 0 Å². The summed E-state index contributed by atoms with van der Waals surface area (Å²) in [5.74, 6) is -1.10. The molecule has 11 nitrogen and oxygen atoms in total. The molecule has 0 fully saturated rings. The minimum atomic E-state index is -4.66. The van der Waals surface area contributed by atoms with Crippen LogP contribution in [0.4, 0.5) is 11.4 Å². The van der Waals surface area contributed by atoms with Gasteiger partial charge in [-0.2, -0.15) is 0 Å². The van der Waals surface area contributed by atoms with Crippen LogP contribution in [-0.2, 0) is 26.2 Å². The fourth-order valence-corrected chi connectivity index (χ4v) is 6.78. The van der Waals surface area contributed by atoms with Gasteiger partial charge in [0.15, 0.2) is 0 Å².